The monoisotopic (exact) mass is 362 g/mol. The zero-order chi connectivity index (χ0) is 17.9. The third kappa shape index (κ3) is 4.12. The number of piperidine rings is 1. The maximum Gasteiger partial charge on any atom is 0.243 e. The Labute approximate surface area is 148 Å². The third-order valence-corrected chi connectivity index (χ3v) is 6.06. The molecular weight excluding hydrogens is 340 g/mol. The number of nitrogens with two attached hydrogens (primary N) is 1. The van der Waals surface area contributed by atoms with Crippen molar-refractivity contribution in [1.82, 2.24) is 4.31 Å². The van der Waals surface area contributed by atoms with E-state index in [-0.39, 0.29) is 10.9 Å². The van der Waals surface area contributed by atoms with E-state index in [4.69, 9.17) is 15.2 Å². The van der Waals surface area contributed by atoms with Crippen molar-refractivity contribution in [3.05, 3.63) is 48.5 Å². The van der Waals surface area contributed by atoms with Gasteiger partial charge in [-0.2, -0.15) is 4.31 Å². The molecule has 6 nitrogen and oxygen atoms in total. The van der Waals surface area contributed by atoms with Crippen LogP contribution in [0.4, 0.5) is 0 Å². The van der Waals surface area contributed by atoms with Crippen LogP contribution >= 0.6 is 0 Å². The number of nitrogens with zero attached hydrogens (tertiary/aromatic N) is 1. The van der Waals surface area contributed by atoms with Gasteiger partial charge in [-0.25, -0.2) is 8.42 Å². The molecule has 1 unspecified atom stereocenters. The molecule has 2 aromatic rings. The Morgan fingerprint density at radius 3 is 2.12 bits per heavy atom. The molecule has 7 heteroatoms. The van der Waals surface area contributed by atoms with Gasteiger partial charge in [0.05, 0.1) is 12.0 Å². The molecule has 2 aromatic carbocycles. The Morgan fingerprint density at radius 2 is 1.56 bits per heavy atom. The van der Waals surface area contributed by atoms with Gasteiger partial charge in [-0.3, -0.25) is 0 Å². The summed E-state index contributed by atoms with van der Waals surface area (Å²) in [6, 6.07) is 13.5. The highest BCUT2D eigenvalue weighted by Crippen LogP contribution is 2.26. The van der Waals surface area contributed by atoms with Crippen LogP contribution in [-0.4, -0.2) is 39.0 Å². The van der Waals surface area contributed by atoms with Gasteiger partial charge in [0.15, 0.2) is 0 Å². The average molecular weight is 362 g/mol. The molecule has 0 radical (unpaired) electrons. The van der Waals surface area contributed by atoms with Crippen molar-refractivity contribution in [1.29, 1.82) is 0 Å². The van der Waals surface area contributed by atoms with E-state index in [0.29, 0.717) is 24.6 Å². The van der Waals surface area contributed by atoms with E-state index >= 15 is 0 Å². The van der Waals surface area contributed by atoms with Crippen molar-refractivity contribution in [2.75, 3.05) is 20.2 Å². The second-order valence-electron chi connectivity index (χ2n) is 6.01. The van der Waals surface area contributed by atoms with Crippen molar-refractivity contribution in [2.45, 2.75) is 23.8 Å². The van der Waals surface area contributed by atoms with Gasteiger partial charge in [-0.1, -0.05) is 0 Å². The van der Waals surface area contributed by atoms with Crippen molar-refractivity contribution < 1.29 is 17.9 Å². The van der Waals surface area contributed by atoms with E-state index in [1.165, 1.54) is 4.31 Å². The van der Waals surface area contributed by atoms with Gasteiger partial charge in [0.2, 0.25) is 10.0 Å². The van der Waals surface area contributed by atoms with Crippen LogP contribution in [-0.2, 0) is 10.0 Å². The molecule has 1 aliphatic rings. The van der Waals surface area contributed by atoms with E-state index < -0.39 is 10.0 Å². The van der Waals surface area contributed by atoms with Gasteiger partial charge in [-0.15, -0.1) is 0 Å². The van der Waals surface area contributed by atoms with Gasteiger partial charge >= 0.3 is 0 Å². The number of hydrogen-bond donors (Lipinski definition) is 1. The molecule has 1 heterocycles. The van der Waals surface area contributed by atoms with Gasteiger partial charge in [0.25, 0.3) is 0 Å². The standard InChI is InChI=1S/C18H22N2O4S/c1-23-15-4-6-16(7-5-15)24-17-8-10-18(11-9-17)25(21,22)20-12-2-3-14(19)13-20/h4-11,14H,2-3,12-13,19H2,1H3. The van der Waals surface area contributed by atoms with Gasteiger partial charge in [0, 0.05) is 19.1 Å². The second kappa shape index (κ2) is 7.43. The lowest BCUT2D eigenvalue weighted by Gasteiger charge is -2.29. The summed E-state index contributed by atoms with van der Waals surface area (Å²) in [6.45, 7) is 0.882. The van der Waals surface area contributed by atoms with Crippen LogP contribution in [0.1, 0.15) is 12.8 Å². The summed E-state index contributed by atoms with van der Waals surface area (Å²) in [5.41, 5.74) is 5.90. The summed E-state index contributed by atoms with van der Waals surface area (Å²) in [5, 5.41) is 0. The third-order valence-electron chi connectivity index (χ3n) is 4.18. The predicted octanol–water partition coefficient (Wildman–Crippen LogP) is 2.60. The van der Waals surface area contributed by atoms with E-state index in [1.54, 1.807) is 55.6 Å². The fourth-order valence-corrected chi connectivity index (χ4v) is 4.34. The van der Waals surface area contributed by atoms with Crippen molar-refractivity contribution >= 4 is 10.0 Å². The molecule has 0 spiro atoms. The highest BCUT2D eigenvalue weighted by atomic mass is 32.2. The minimum atomic E-state index is -3.51. The quantitative estimate of drug-likeness (QED) is 0.884. The number of benzene rings is 2. The SMILES string of the molecule is COc1ccc(Oc2ccc(S(=O)(=O)N3CCCC(N)C3)cc2)cc1. The van der Waals surface area contributed by atoms with E-state index in [1.807, 2.05) is 0 Å². The number of sulfonamides is 1. The van der Waals surface area contributed by atoms with Crippen molar-refractivity contribution in [2.24, 2.45) is 5.73 Å². The molecule has 134 valence electrons. The molecule has 0 saturated carbocycles. The normalized spacial score (nSPS) is 18.7. The molecule has 25 heavy (non-hydrogen) atoms. The number of ether oxygens (including phenoxy) is 2. The Kier molecular flexibility index (Phi) is 5.27. The maximum atomic E-state index is 12.7. The van der Waals surface area contributed by atoms with Crippen LogP contribution in [0.5, 0.6) is 17.2 Å². The minimum absolute atomic E-state index is 0.0961. The smallest absolute Gasteiger partial charge is 0.243 e. The Hall–Kier alpha value is -2.09. The Morgan fingerprint density at radius 1 is 1.00 bits per heavy atom. The maximum absolute atomic E-state index is 12.7. The average Bonchev–Trinajstić information content (AvgIpc) is 2.63. The highest BCUT2D eigenvalue weighted by Gasteiger charge is 2.28. The summed E-state index contributed by atoms with van der Waals surface area (Å²) in [5.74, 6) is 1.96. The first-order chi connectivity index (χ1) is 12.0. The molecule has 1 saturated heterocycles. The fourth-order valence-electron chi connectivity index (χ4n) is 2.80. The topological polar surface area (TPSA) is 81.9 Å². The lowest BCUT2D eigenvalue weighted by atomic mass is 10.1. The van der Waals surface area contributed by atoms with E-state index in [9.17, 15) is 8.42 Å². The molecule has 2 N–H and O–H groups in total. The largest absolute Gasteiger partial charge is 0.497 e. The molecule has 3 rings (SSSR count). The van der Waals surface area contributed by atoms with Crippen molar-refractivity contribution in [3.8, 4) is 17.2 Å². The van der Waals surface area contributed by atoms with Gasteiger partial charge in [-0.05, 0) is 61.4 Å². The summed E-state index contributed by atoms with van der Waals surface area (Å²) in [6.07, 6.45) is 1.65. The molecule has 1 fully saturated rings. The predicted molar refractivity (Wildman–Crippen MR) is 95.5 cm³/mol. The van der Waals surface area contributed by atoms with Gasteiger partial charge in [0.1, 0.15) is 17.2 Å². The first kappa shape index (κ1) is 17.7. The van der Waals surface area contributed by atoms with Crippen LogP contribution in [0.2, 0.25) is 0 Å². The molecule has 0 amide bonds. The fraction of sp³-hybridized carbons (Fsp3) is 0.333. The zero-order valence-electron chi connectivity index (χ0n) is 14.1. The summed E-state index contributed by atoms with van der Waals surface area (Å²) < 4.78 is 37.7. The van der Waals surface area contributed by atoms with Crippen LogP contribution in [0, 0.1) is 0 Å². The Bertz CT molecular complexity index is 804. The lowest BCUT2D eigenvalue weighted by Crippen LogP contribution is -2.45. The summed E-state index contributed by atoms with van der Waals surface area (Å²) in [4.78, 5) is 0.253. The zero-order valence-corrected chi connectivity index (χ0v) is 14.9. The van der Waals surface area contributed by atoms with E-state index in [2.05, 4.69) is 0 Å². The van der Waals surface area contributed by atoms with Crippen LogP contribution in [0.25, 0.3) is 0 Å². The molecule has 1 atom stereocenters. The molecule has 0 aromatic heterocycles. The highest BCUT2D eigenvalue weighted by molar-refractivity contribution is 7.89. The summed E-state index contributed by atoms with van der Waals surface area (Å²) in [7, 11) is -1.91. The molecule has 0 bridgehead atoms. The summed E-state index contributed by atoms with van der Waals surface area (Å²) >= 11 is 0. The Balaban J connectivity index is 1.72. The first-order valence-corrected chi connectivity index (χ1v) is 9.61. The van der Waals surface area contributed by atoms with Crippen LogP contribution < -0.4 is 15.2 Å². The molecule has 1 aliphatic heterocycles. The second-order valence-corrected chi connectivity index (χ2v) is 7.95. The van der Waals surface area contributed by atoms with Crippen LogP contribution in [0.15, 0.2) is 53.4 Å². The first-order valence-electron chi connectivity index (χ1n) is 8.17. The number of hydrogen-bond acceptors (Lipinski definition) is 5. The van der Waals surface area contributed by atoms with Gasteiger partial charge < -0.3 is 15.2 Å². The van der Waals surface area contributed by atoms with E-state index in [0.717, 1.165) is 18.6 Å². The molecule has 0 aliphatic carbocycles. The minimum Gasteiger partial charge on any atom is -0.497 e. The number of rotatable bonds is 5. The number of methoxy groups -OCH3 is 1. The van der Waals surface area contributed by atoms with Crippen molar-refractivity contribution in [3.63, 3.8) is 0 Å². The molecular formula is C18H22N2O4S. The lowest BCUT2D eigenvalue weighted by molar-refractivity contribution is 0.316. The van der Waals surface area contributed by atoms with Crippen LogP contribution in [0.3, 0.4) is 0 Å².